The molecule has 0 aliphatic rings. The molecule has 1 N–H and O–H groups in total. The van der Waals surface area contributed by atoms with Crippen LogP contribution in [0, 0.1) is 6.92 Å². The molecular weight excluding hydrogens is 334 g/mol. The number of nitrogens with one attached hydrogen (secondary N) is 1. The van der Waals surface area contributed by atoms with Crippen molar-refractivity contribution < 1.29 is 0 Å². The van der Waals surface area contributed by atoms with E-state index in [0.717, 1.165) is 40.5 Å². The molecule has 2 rings (SSSR count). The Labute approximate surface area is 132 Å². The standard InChI is InChI=1S/C15H18BrN3S/c1-3-17-9-12-8-11(2)18-15(19-12)10-20-14-7-5-4-6-13(14)16/h4-8,17H,3,9-10H2,1-2H3. The number of halogens is 1. The Kier molecular flexibility index (Phi) is 6.01. The van der Waals surface area contributed by atoms with Crippen molar-refractivity contribution in [3.05, 3.63) is 52.0 Å². The lowest BCUT2D eigenvalue weighted by molar-refractivity contribution is 0.702. The van der Waals surface area contributed by atoms with Gasteiger partial charge in [0.1, 0.15) is 5.82 Å². The molecule has 0 radical (unpaired) electrons. The predicted octanol–water partition coefficient (Wildman–Crippen LogP) is 3.95. The summed E-state index contributed by atoms with van der Waals surface area (Å²) >= 11 is 5.31. The molecule has 1 heterocycles. The average molecular weight is 352 g/mol. The first-order chi connectivity index (χ1) is 9.69. The van der Waals surface area contributed by atoms with E-state index in [0.29, 0.717) is 0 Å². The number of benzene rings is 1. The van der Waals surface area contributed by atoms with Crippen molar-refractivity contribution in [1.82, 2.24) is 15.3 Å². The molecule has 0 bridgehead atoms. The maximum absolute atomic E-state index is 4.61. The summed E-state index contributed by atoms with van der Waals surface area (Å²) in [5.41, 5.74) is 2.08. The summed E-state index contributed by atoms with van der Waals surface area (Å²) in [4.78, 5) is 10.3. The van der Waals surface area contributed by atoms with Crippen LogP contribution in [-0.4, -0.2) is 16.5 Å². The van der Waals surface area contributed by atoms with Crippen molar-refractivity contribution in [2.75, 3.05) is 6.54 Å². The molecule has 0 spiro atoms. The van der Waals surface area contributed by atoms with Gasteiger partial charge in [0.05, 0.1) is 11.4 Å². The Morgan fingerprint density at radius 1 is 1.25 bits per heavy atom. The second-order valence-corrected chi connectivity index (χ2v) is 6.29. The van der Waals surface area contributed by atoms with Crippen molar-refractivity contribution in [1.29, 1.82) is 0 Å². The van der Waals surface area contributed by atoms with Gasteiger partial charge >= 0.3 is 0 Å². The highest BCUT2D eigenvalue weighted by molar-refractivity contribution is 9.10. The third kappa shape index (κ3) is 4.58. The molecule has 1 aromatic heterocycles. The zero-order valence-corrected chi connectivity index (χ0v) is 14.1. The first kappa shape index (κ1) is 15.5. The van der Waals surface area contributed by atoms with Gasteiger partial charge in [-0.3, -0.25) is 0 Å². The summed E-state index contributed by atoms with van der Waals surface area (Å²) in [6.07, 6.45) is 0. The van der Waals surface area contributed by atoms with Crippen LogP contribution >= 0.6 is 27.7 Å². The number of rotatable bonds is 6. The Morgan fingerprint density at radius 3 is 2.80 bits per heavy atom. The van der Waals surface area contributed by atoms with Gasteiger partial charge in [0.15, 0.2) is 0 Å². The molecule has 0 atom stereocenters. The second kappa shape index (κ2) is 7.76. The van der Waals surface area contributed by atoms with Crippen LogP contribution in [-0.2, 0) is 12.3 Å². The van der Waals surface area contributed by atoms with Gasteiger partial charge in [-0.15, -0.1) is 11.8 Å². The predicted molar refractivity (Wildman–Crippen MR) is 87.9 cm³/mol. The maximum Gasteiger partial charge on any atom is 0.139 e. The monoisotopic (exact) mass is 351 g/mol. The van der Waals surface area contributed by atoms with Crippen molar-refractivity contribution >= 4 is 27.7 Å². The quantitative estimate of drug-likeness (QED) is 0.799. The average Bonchev–Trinajstić information content (AvgIpc) is 2.44. The Morgan fingerprint density at radius 2 is 2.05 bits per heavy atom. The van der Waals surface area contributed by atoms with Crippen LogP contribution < -0.4 is 5.32 Å². The molecule has 20 heavy (non-hydrogen) atoms. The van der Waals surface area contributed by atoms with E-state index in [4.69, 9.17) is 0 Å². The molecular formula is C15H18BrN3S. The van der Waals surface area contributed by atoms with E-state index < -0.39 is 0 Å². The Bertz CT molecular complexity index is 575. The van der Waals surface area contributed by atoms with Gasteiger partial charge in [-0.1, -0.05) is 19.1 Å². The van der Waals surface area contributed by atoms with Gasteiger partial charge in [-0.25, -0.2) is 9.97 Å². The maximum atomic E-state index is 4.61. The van der Waals surface area contributed by atoms with Crippen molar-refractivity contribution in [2.45, 2.75) is 31.0 Å². The second-order valence-electron chi connectivity index (χ2n) is 4.42. The zero-order valence-electron chi connectivity index (χ0n) is 11.7. The minimum absolute atomic E-state index is 0.781. The Hall–Kier alpha value is -0.910. The first-order valence-corrected chi connectivity index (χ1v) is 8.38. The van der Waals surface area contributed by atoms with Crippen LogP contribution in [0.25, 0.3) is 0 Å². The van der Waals surface area contributed by atoms with Crippen LogP contribution in [0.2, 0.25) is 0 Å². The molecule has 3 nitrogen and oxygen atoms in total. The SMILES string of the molecule is CCNCc1cc(C)nc(CSc2ccccc2Br)n1. The fourth-order valence-electron chi connectivity index (χ4n) is 1.81. The summed E-state index contributed by atoms with van der Waals surface area (Å²) in [5, 5.41) is 3.30. The topological polar surface area (TPSA) is 37.8 Å². The fraction of sp³-hybridized carbons (Fsp3) is 0.333. The molecule has 0 aliphatic heterocycles. The van der Waals surface area contributed by atoms with Crippen LogP contribution in [0.4, 0.5) is 0 Å². The molecule has 0 saturated heterocycles. The highest BCUT2D eigenvalue weighted by Gasteiger charge is 2.05. The largest absolute Gasteiger partial charge is 0.311 e. The number of aryl methyl sites for hydroxylation is 1. The van der Waals surface area contributed by atoms with E-state index in [9.17, 15) is 0 Å². The normalized spacial score (nSPS) is 10.8. The van der Waals surface area contributed by atoms with E-state index in [2.05, 4.69) is 50.3 Å². The summed E-state index contributed by atoms with van der Waals surface area (Å²) < 4.78 is 1.12. The van der Waals surface area contributed by atoms with Crippen LogP contribution in [0.1, 0.15) is 24.1 Å². The molecule has 2 aromatic rings. The minimum atomic E-state index is 0.781. The molecule has 0 amide bonds. The number of hydrogen-bond acceptors (Lipinski definition) is 4. The summed E-state index contributed by atoms with van der Waals surface area (Å²) in [5.74, 6) is 1.67. The fourth-order valence-corrected chi connectivity index (χ4v) is 3.23. The molecule has 1 aromatic carbocycles. The number of aromatic nitrogens is 2. The van der Waals surface area contributed by atoms with E-state index in [1.807, 2.05) is 25.1 Å². The molecule has 0 unspecified atom stereocenters. The summed E-state index contributed by atoms with van der Waals surface area (Å²) in [6, 6.07) is 10.3. The van der Waals surface area contributed by atoms with Gasteiger partial charge in [0.2, 0.25) is 0 Å². The van der Waals surface area contributed by atoms with Crippen LogP contribution in [0.3, 0.4) is 0 Å². The van der Waals surface area contributed by atoms with Gasteiger partial charge in [-0.2, -0.15) is 0 Å². The lowest BCUT2D eigenvalue weighted by Crippen LogP contribution is -2.14. The molecule has 0 saturated carbocycles. The van der Waals surface area contributed by atoms with Gasteiger partial charge in [-0.05, 0) is 47.6 Å². The first-order valence-electron chi connectivity index (χ1n) is 6.60. The number of hydrogen-bond donors (Lipinski definition) is 1. The van der Waals surface area contributed by atoms with Crippen molar-refractivity contribution in [3.63, 3.8) is 0 Å². The minimum Gasteiger partial charge on any atom is -0.311 e. The summed E-state index contributed by atoms with van der Waals surface area (Å²) in [6.45, 7) is 5.86. The van der Waals surface area contributed by atoms with Crippen LogP contribution in [0.15, 0.2) is 39.7 Å². The zero-order chi connectivity index (χ0) is 14.4. The van der Waals surface area contributed by atoms with Gasteiger partial charge < -0.3 is 5.32 Å². The lowest BCUT2D eigenvalue weighted by atomic mass is 10.3. The highest BCUT2D eigenvalue weighted by atomic mass is 79.9. The highest BCUT2D eigenvalue weighted by Crippen LogP contribution is 2.28. The lowest BCUT2D eigenvalue weighted by Gasteiger charge is -2.07. The van der Waals surface area contributed by atoms with E-state index >= 15 is 0 Å². The molecule has 0 aliphatic carbocycles. The molecule has 5 heteroatoms. The Balaban J connectivity index is 2.05. The third-order valence-electron chi connectivity index (χ3n) is 2.70. The van der Waals surface area contributed by atoms with E-state index in [1.54, 1.807) is 11.8 Å². The molecule has 0 fully saturated rings. The summed E-state index contributed by atoms with van der Waals surface area (Å²) in [7, 11) is 0. The number of nitrogens with zero attached hydrogens (tertiary/aromatic N) is 2. The van der Waals surface area contributed by atoms with Crippen LogP contribution in [0.5, 0.6) is 0 Å². The van der Waals surface area contributed by atoms with E-state index in [1.165, 1.54) is 4.90 Å². The van der Waals surface area contributed by atoms with Crippen molar-refractivity contribution in [3.8, 4) is 0 Å². The van der Waals surface area contributed by atoms with Gasteiger partial charge in [0.25, 0.3) is 0 Å². The smallest absolute Gasteiger partial charge is 0.139 e. The third-order valence-corrected chi connectivity index (χ3v) is 4.73. The molecule has 106 valence electrons. The number of thioether (sulfide) groups is 1. The van der Waals surface area contributed by atoms with Gasteiger partial charge in [0, 0.05) is 21.6 Å². The van der Waals surface area contributed by atoms with E-state index in [-0.39, 0.29) is 0 Å². The van der Waals surface area contributed by atoms with Crippen molar-refractivity contribution in [2.24, 2.45) is 0 Å².